The van der Waals surface area contributed by atoms with Gasteiger partial charge in [-0.25, -0.2) is 0 Å². The second-order valence-electron chi connectivity index (χ2n) is 6.24. The maximum absolute atomic E-state index is 11.0. The van der Waals surface area contributed by atoms with Crippen molar-refractivity contribution in [2.24, 2.45) is 5.92 Å². The SMILES string of the molecule is CC(C)Oc1ccc([N+](=O)[O-])cc1CN1CCC(C(C)O)C1. The van der Waals surface area contributed by atoms with Crippen molar-refractivity contribution in [2.75, 3.05) is 13.1 Å². The van der Waals surface area contributed by atoms with Gasteiger partial charge in [0.1, 0.15) is 5.75 Å². The van der Waals surface area contributed by atoms with Gasteiger partial charge in [-0.05, 0) is 45.7 Å². The lowest BCUT2D eigenvalue weighted by Crippen LogP contribution is -2.24. The molecule has 1 aromatic carbocycles. The summed E-state index contributed by atoms with van der Waals surface area (Å²) in [6.07, 6.45) is 0.651. The predicted molar refractivity (Wildman–Crippen MR) is 83.9 cm³/mol. The third-order valence-electron chi connectivity index (χ3n) is 4.00. The molecule has 0 amide bonds. The van der Waals surface area contributed by atoms with Crippen molar-refractivity contribution in [1.29, 1.82) is 0 Å². The lowest BCUT2D eigenvalue weighted by molar-refractivity contribution is -0.385. The Morgan fingerprint density at radius 2 is 2.18 bits per heavy atom. The molecule has 1 saturated heterocycles. The highest BCUT2D eigenvalue weighted by Crippen LogP contribution is 2.29. The first kappa shape index (κ1) is 16.7. The zero-order valence-electron chi connectivity index (χ0n) is 13.4. The van der Waals surface area contributed by atoms with Gasteiger partial charge < -0.3 is 9.84 Å². The van der Waals surface area contributed by atoms with E-state index in [2.05, 4.69) is 4.90 Å². The second kappa shape index (κ2) is 7.07. The number of hydrogen-bond donors (Lipinski definition) is 1. The van der Waals surface area contributed by atoms with Crippen LogP contribution in [0.1, 0.15) is 32.8 Å². The number of benzene rings is 1. The number of hydrogen-bond acceptors (Lipinski definition) is 5. The van der Waals surface area contributed by atoms with Crippen molar-refractivity contribution < 1.29 is 14.8 Å². The van der Waals surface area contributed by atoms with Crippen molar-refractivity contribution in [3.63, 3.8) is 0 Å². The van der Waals surface area contributed by atoms with E-state index in [9.17, 15) is 15.2 Å². The van der Waals surface area contributed by atoms with Crippen LogP contribution in [0.15, 0.2) is 18.2 Å². The molecule has 1 aliphatic rings. The summed E-state index contributed by atoms with van der Waals surface area (Å²) in [4.78, 5) is 12.8. The average molecular weight is 308 g/mol. The van der Waals surface area contributed by atoms with Crippen LogP contribution >= 0.6 is 0 Å². The van der Waals surface area contributed by atoms with Gasteiger partial charge in [0.2, 0.25) is 0 Å². The van der Waals surface area contributed by atoms with Crippen molar-refractivity contribution in [3.8, 4) is 5.75 Å². The minimum absolute atomic E-state index is 0.0176. The summed E-state index contributed by atoms with van der Waals surface area (Å²) in [5.74, 6) is 0.967. The molecule has 2 rings (SSSR count). The maximum atomic E-state index is 11.0. The van der Waals surface area contributed by atoms with Crippen molar-refractivity contribution in [3.05, 3.63) is 33.9 Å². The summed E-state index contributed by atoms with van der Waals surface area (Å²) in [6, 6.07) is 4.74. The van der Waals surface area contributed by atoms with Crippen LogP contribution in [0.25, 0.3) is 0 Å². The summed E-state index contributed by atoms with van der Waals surface area (Å²) in [5.41, 5.74) is 0.909. The van der Waals surface area contributed by atoms with Gasteiger partial charge in [0, 0.05) is 30.8 Å². The van der Waals surface area contributed by atoms with Crippen molar-refractivity contribution in [1.82, 2.24) is 4.90 Å². The molecule has 2 atom stereocenters. The van der Waals surface area contributed by atoms with E-state index in [4.69, 9.17) is 4.74 Å². The fourth-order valence-electron chi connectivity index (χ4n) is 2.81. The Labute approximate surface area is 130 Å². The van der Waals surface area contributed by atoms with Crippen LogP contribution in [0, 0.1) is 16.0 Å². The van der Waals surface area contributed by atoms with E-state index in [1.165, 1.54) is 6.07 Å². The fraction of sp³-hybridized carbons (Fsp3) is 0.625. The van der Waals surface area contributed by atoms with Crippen molar-refractivity contribution in [2.45, 2.75) is 45.9 Å². The quantitative estimate of drug-likeness (QED) is 0.645. The molecule has 6 heteroatoms. The molecule has 0 spiro atoms. The number of nitro benzene ring substituents is 1. The van der Waals surface area contributed by atoms with E-state index in [0.717, 1.165) is 25.1 Å². The Kier molecular flexibility index (Phi) is 5.37. The molecule has 0 radical (unpaired) electrons. The van der Waals surface area contributed by atoms with E-state index in [1.54, 1.807) is 12.1 Å². The monoisotopic (exact) mass is 308 g/mol. The molecule has 1 aromatic rings. The molecular weight excluding hydrogens is 284 g/mol. The van der Waals surface area contributed by atoms with Gasteiger partial charge in [0.15, 0.2) is 0 Å². The highest BCUT2D eigenvalue weighted by Gasteiger charge is 2.27. The number of aliphatic hydroxyl groups is 1. The smallest absolute Gasteiger partial charge is 0.270 e. The third kappa shape index (κ3) is 4.18. The van der Waals surface area contributed by atoms with Crippen LogP contribution in [0.3, 0.4) is 0 Å². The number of ether oxygens (including phenoxy) is 1. The highest BCUT2D eigenvalue weighted by molar-refractivity contribution is 5.44. The first-order chi connectivity index (χ1) is 10.4. The summed E-state index contributed by atoms with van der Waals surface area (Å²) >= 11 is 0. The second-order valence-corrected chi connectivity index (χ2v) is 6.24. The summed E-state index contributed by atoms with van der Waals surface area (Å²) in [6.45, 7) is 7.98. The molecule has 0 bridgehead atoms. The zero-order valence-corrected chi connectivity index (χ0v) is 13.4. The Bertz CT molecular complexity index is 531. The van der Waals surface area contributed by atoms with E-state index in [0.29, 0.717) is 12.3 Å². The molecule has 1 heterocycles. The zero-order chi connectivity index (χ0) is 16.3. The lowest BCUT2D eigenvalue weighted by atomic mass is 10.0. The largest absolute Gasteiger partial charge is 0.491 e. The number of aliphatic hydroxyl groups excluding tert-OH is 1. The number of nitro groups is 1. The van der Waals surface area contributed by atoms with E-state index in [-0.39, 0.29) is 28.7 Å². The average Bonchev–Trinajstić information content (AvgIpc) is 2.88. The number of non-ortho nitro benzene ring substituents is 1. The summed E-state index contributed by atoms with van der Waals surface area (Å²) < 4.78 is 5.77. The van der Waals surface area contributed by atoms with Crippen LogP contribution in [0.2, 0.25) is 0 Å². The summed E-state index contributed by atoms with van der Waals surface area (Å²) in [7, 11) is 0. The molecular formula is C16H24N2O4. The minimum atomic E-state index is -0.384. The molecule has 0 aromatic heterocycles. The standard InChI is InChI=1S/C16H24N2O4/c1-11(2)22-16-5-4-15(18(20)21)8-14(16)10-17-7-6-13(9-17)12(3)19/h4-5,8,11-13,19H,6-7,9-10H2,1-3H3. The van der Waals surface area contributed by atoms with Crippen LogP contribution < -0.4 is 4.74 Å². The van der Waals surface area contributed by atoms with Gasteiger partial charge in [0.25, 0.3) is 5.69 Å². The fourth-order valence-corrected chi connectivity index (χ4v) is 2.81. The van der Waals surface area contributed by atoms with Gasteiger partial charge in [-0.2, -0.15) is 0 Å². The first-order valence-electron chi connectivity index (χ1n) is 7.71. The normalized spacial score (nSPS) is 20.3. The van der Waals surface area contributed by atoms with Crippen LogP contribution in [-0.4, -0.2) is 40.2 Å². The molecule has 0 saturated carbocycles. The highest BCUT2D eigenvalue weighted by atomic mass is 16.6. The van der Waals surface area contributed by atoms with E-state index in [1.807, 2.05) is 20.8 Å². The first-order valence-corrected chi connectivity index (χ1v) is 7.71. The van der Waals surface area contributed by atoms with Crippen LogP contribution in [0.4, 0.5) is 5.69 Å². The molecule has 1 fully saturated rings. The Morgan fingerprint density at radius 3 is 2.73 bits per heavy atom. The van der Waals surface area contributed by atoms with Gasteiger partial charge >= 0.3 is 0 Å². The number of likely N-dealkylation sites (tertiary alicyclic amines) is 1. The molecule has 6 nitrogen and oxygen atoms in total. The Hall–Kier alpha value is -1.66. The molecule has 1 aliphatic heterocycles. The number of nitrogens with zero attached hydrogens (tertiary/aromatic N) is 2. The lowest BCUT2D eigenvalue weighted by Gasteiger charge is -2.20. The van der Waals surface area contributed by atoms with E-state index >= 15 is 0 Å². The Morgan fingerprint density at radius 1 is 1.45 bits per heavy atom. The maximum Gasteiger partial charge on any atom is 0.270 e. The summed E-state index contributed by atoms with van der Waals surface area (Å²) in [5, 5.41) is 20.7. The van der Waals surface area contributed by atoms with Crippen molar-refractivity contribution >= 4 is 5.69 Å². The van der Waals surface area contributed by atoms with Crippen LogP contribution in [-0.2, 0) is 6.54 Å². The minimum Gasteiger partial charge on any atom is -0.491 e. The van der Waals surface area contributed by atoms with Gasteiger partial charge in [-0.3, -0.25) is 15.0 Å². The Balaban J connectivity index is 2.16. The van der Waals surface area contributed by atoms with Gasteiger partial charge in [-0.15, -0.1) is 0 Å². The molecule has 22 heavy (non-hydrogen) atoms. The van der Waals surface area contributed by atoms with Crippen LogP contribution in [0.5, 0.6) is 5.75 Å². The molecule has 2 unspecified atom stereocenters. The number of rotatable bonds is 6. The molecule has 122 valence electrons. The van der Waals surface area contributed by atoms with Gasteiger partial charge in [-0.1, -0.05) is 0 Å². The predicted octanol–water partition coefficient (Wildman–Crippen LogP) is 2.58. The molecule has 0 aliphatic carbocycles. The topological polar surface area (TPSA) is 75.8 Å². The van der Waals surface area contributed by atoms with E-state index < -0.39 is 0 Å². The molecule has 1 N–H and O–H groups in total. The third-order valence-corrected chi connectivity index (χ3v) is 4.00. The van der Waals surface area contributed by atoms with Gasteiger partial charge in [0.05, 0.1) is 17.1 Å².